The number of primary amides is 1. The van der Waals surface area contributed by atoms with Crippen LogP contribution < -0.4 is 11.1 Å². The Labute approximate surface area is 117 Å². The third-order valence-corrected chi connectivity index (χ3v) is 5.51. The number of nitrogens with two attached hydrogens (primary N) is 1. The van der Waals surface area contributed by atoms with Crippen LogP contribution in [0, 0.1) is 5.92 Å². The van der Waals surface area contributed by atoms with E-state index >= 15 is 0 Å². The molecule has 0 spiro atoms. The van der Waals surface area contributed by atoms with Gasteiger partial charge in [-0.25, -0.2) is 0 Å². The highest BCUT2D eigenvalue weighted by atomic mass is 16.1. The van der Waals surface area contributed by atoms with Gasteiger partial charge in [-0.15, -0.1) is 0 Å². The van der Waals surface area contributed by atoms with E-state index in [1.54, 1.807) is 0 Å². The lowest BCUT2D eigenvalue weighted by atomic mass is 9.89. The molecule has 110 valence electrons. The summed E-state index contributed by atoms with van der Waals surface area (Å²) in [6.07, 6.45) is 6.75. The Bertz CT molecular complexity index is 333. The van der Waals surface area contributed by atoms with Gasteiger partial charge in [0.25, 0.3) is 0 Å². The molecule has 2 rings (SSSR count). The molecule has 4 atom stereocenters. The zero-order valence-corrected chi connectivity index (χ0v) is 12.6. The number of likely N-dealkylation sites (tertiary alicyclic amines) is 1. The predicted molar refractivity (Wildman–Crippen MR) is 77.8 cm³/mol. The van der Waals surface area contributed by atoms with Gasteiger partial charge in [0.15, 0.2) is 0 Å². The highest BCUT2D eigenvalue weighted by Crippen LogP contribution is 2.37. The van der Waals surface area contributed by atoms with Crippen LogP contribution in [0.15, 0.2) is 0 Å². The van der Waals surface area contributed by atoms with Gasteiger partial charge in [-0.1, -0.05) is 13.3 Å². The number of carbonyl (C=O) groups excluding carboxylic acids is 1. The Morgan fingerprint density at radius 3 is 2.68 bits per heavy atom. The SMILES string of the molecule is CCC1CCC(C)N(C2CCC(NC)(C(N)=O)C2)C1. The third-order valence-electron chi connectivity index (χ3n) is 5.51. The Kier molecular flexibility index (Phi) is 4.51. The summed E-state index contributed by atoms with van der Waals surface area (Å²) in [5, 5.41) is 3.18. The number of nitrogens with zero attached hydrogens (tertiary/aromatic N) is 1. The number of carbonyl (C=O) groups is 1. The summed E-state index contributed by atoms with van der Waals surface area (Å²) in [6, 6.07) is 1.16. The number of nitrogens with one attached hydrogen (secondary N) is 1. The minimum atomic E-state index is -0.469. The van der Waals surface area contributed by atoms with Crippen molar-refractivity contribution in [2.75, 3.05) is 13.6 Å². The van der Waals surface area contributed by atoms with Gasteiger partial charge in [-0.05, 0) is 52.0 Å². The van der Waals surface area contributed by atoms with E-state index in [0.29, 0.717) is 12.1 Å². The Hall–Kier alpha value is -0.610. The summed E-state index contributed by atoms with van der Waals surface area (Å²) in [5.41, 5.74) is 5.13. The molecule has 1 saturated carbocycles. The van der Waals surface area contributed by atoms with Crippen molar-refractivity contribution in [1.82, 2.24) is 10.2 Å². The average molecular weight is 267 g/mol. The van der Waals surface area contributed by atoms with E-state index in [9.17, 15) is 4.79 Å². The fourth-order valence-electron chi connectivity index (χ4n) is 3.93. The van der Waals surface area contributed by atoms with Crippen molar-refractivity contribution in [3.8, 4) is 0 Å². The number of amides is 1. The predicted octanol–water partition coefficient (Wildman–Crippen LogP) is 1.49. The maximum Gasteiger partial charge on any atom is 0.237 e. The summed E-state index contributed by atoms with van der Waals surface area (Å²) >= 11 is 0. The molecule has 4 nitrogen and oxygen atoms in total. The van der Waals surface area contributed by atoms with Crippen LogP contribution in [-0.2, 0) is 4.79 Å². The van der Waals surface area contributed by atoms with E-state index in [4.69, 9.17) is 5.73 Å². The standard InChI is InChI=1S/C15H29N3O/c1-4-12-6-5-11(2)18(10-12)13-7-8-15(9-13,17-3)14(16)19/h11-13,17H,4-10H2,1-3H3,(H2,16,19). The Balaban J connectivity index is 2.04. The van der Waals surface area contributed by atoms with E-state index in [2.05, 4.69) is 24.1 Å². The van der Waals surface area contributed by atoms with Crippen molar-refractivity contribution in [2.45, 2.75) is 70.0 Å². The highest BCUT2D eigenvalue weighted by molar-refractivity contribution is 5.85. The van der Waals surface area contributed by atoms with Crippen molar-refractivity contribution < 1.29 is 4.79 Å². The van der Waals surface area contributed by atoms with Crippen LogP contribution in [0.1, 0.15) is 52.4 Å². The van der Waals surface area contributed by atoms with Gasteiger partial charge >= 0.3 is 0 Å². The molecule has 3 N–H and O–H groups in total. The molecule has 1 aliphatic carbocycles. The summed E-state index contributed by atoms with van der Waals surface area (Å²) in [4.78, 5) is 14.4. The van der Waals surface area contributed by atoms with Crippen molar-refractivity contribution in [2.24, 2.45) is 11.7 Å². The number of hydrogen-bond acceptors (Lipinski definition) is 3. The lowest BCUT2D eigenvalue weighted by Gasteiger charge is -2.42. The molecule has 0 aromatic rings. The van der Waals surface area contributed by atoms with Crippen LogP contribution in [-0.4, -0.2) is 42.0 Å². The summed E-state index contributed by atoms with van der Waals surface area (Å²) in [6.45, 7) is 5.81. The normalized spacial score (nSPS) is 40.5. The van der Waals surface area contributed by atoms with Crippen LogP contribution in [0.2, 0.25) is 0 Å². The fourth-order valence-corrected chi connectivity index (χ4v) is 3.93. The first kappa shape index (κ1) is 14.8. The molecule has 1 aliphatic heterocycles. The first-order chi connectivity index (χ1) is 9.02. The molecule has 4 heteroatoms. The number of rotatable bonds is 4. The smallest absolute Gasteiger partial charge is 0.237 e. The van der Waals surface area contributed by atoms with E-state index in [-0.39, 0.29) is 5.91 Å². The first-order valence-electron chi connectivity index (χ1n) is 7.77. The van der Waals surface area contributed by atoms with Crippen LogP contribution in [0.5, 0.6) is 0 Å². The monoisotopic (exact) mass is 267 g/mol. The summed E-state index contributed by atoms with van der Waals surface area (Å²) in [7, 11) is 1.86. The van der Waals surface area contributed by atoms with E-state index in [1.807, 2.05) is 7.05 Å². The second kappa shape index (κ2) is 5.80. The van der Waals surface area contributed by atoms with Crippen molar-refractivity contribution in [1.29, 1.82) is 0 Å². The maximum absolute atomic E-state index is 11.7. The van der Waals surface area contributed by atoms with Gasteiger partial charge < -0.3 is 11.1 Å². The number of hydrogen-bond donors (Lipinski definition) is 2. The fraction of sp³-hybridized carbons (Fsp3) is 0.933. The van der Waals surface area contributed by atoms with Crippen molar-refractivity contribution >= 4 is 5.91 Å². The molecule has 2 fully saturated rings. The average Bonchev–Trinajstić information content (AvgIpc) is 2.85. The molecular formula is C15H29N3O. The molecule has 0 radical (unpaired) electrons. The van der Waals surface area contributed by atoms with Crippen LogP contribution in [0.4, 0.5) is 0 Å². The second-order valence-electron chi connectivity index (χ2n) is 6.49. The molecule has 1 heterocycles. The molecule has 0 aromatic heterocycles. The number of likely N-dealkylation sites (N-methyl/N-ethyl adjacent to an activating group) is 1. The minimum absolute atomic E-state index is 0.186. The van der Waals surface area contributed by atoms with Gasteiger partial charge in [-0.2, -0.15) is 0 Å². The summed E-state index contributed by atoms with van der Waals surface area (Å²) < 4.78 is 0. The van der Waals surface area contributed by atoms with Crippen LogP contribution >= 0.6 is 0 Å². The lowest BCUT2D eigenvalue weighted by molar-refractivity contribution is -0.124. The zero-order chi connectivity index (χ0) is 14.0. The third kappa shape index (κ3) is 2.79. The van der Waals surface area contributed by atoms with E-state index in [0.717, 1.165) is 25.2 Å². The topological polar surface area (TPSA) is 58.4 Å². The molecule has 1 saturated heterocycles. The van der Waals surface area contributed by atoms with Gasteiger partial charge in [0.1, 0.15) is 0 Å². The molecule has 4 unspecified atom stereocenters. The van der Waals surface area contributed by atoms with Crippen molar-refractivity contribution in [3.05, 3.63) is 0 Å². The van der Waals surface area contributed by atoms with Crippen molar-refractivity contribution in [3.63, 3.8) is 0 Å². The Morgan fingerprint density at radius 1 is 1.42 bits per heavy atom. The quantitative estimate of drug-likeness (QED) is 0.811. The largest absolute Gasteiger partial charge is 0.368 e. The number of piperidine rings is 1. The van der Waals surface area contributed by atoms with Gasteiger partial charge in [0, 0.05) is 18.6 Å². The zero-order valence-electron chi connectivity index (χ0n) is 12.6. The minimum Gasteiger partial charge on any atom is -0.368 e. The molecule has 1 amide bonds. The summed E-state index contributed by atoms with van der Waals surface area (Å²) in [5.74, 6) is 0.642. The van der Waals surface area contributed by atoms with E-state index < -0.39 is 5.54 Å². The van der Waals surface area contributed by atoms with Crippen LogP contribution in [0.3, 0.4) is 0 Å². The second-order valence-corrected chi connectivity index (χ2v) is 6.49. The molecule has 19 heavy (non-hydrogen) atoms. The van der Waals surface area contributed by atoms with Gasteiger partial charge in [0.05, 0.1) is 5.54 Å². The first-order valence-corrected chi connectivity index (χ1v) is 7.77. The molecule has 0 bridgehead atoms. The Morgan fingerprint density at radius 2 is 2.16 bits per heavy atom. The molecule has 2 aliphatic rings. The molecular weight excluding hydrogens is 238 g/mol. The lowest BCUT2D eigenvalue weighted by Crippen LogP contribution is -2.54. The maximum atomic E-state index is 11.7. The van der Waals surface area contributed by atoms with Gasteiger partial charge in [-0.3, -0.25) is 9.69 Å². The van der Waals surface area contributed by atoms with Gasteiger partial charge in [0.2, 0.25) is 5.91 Å². The highest BCUT2D eigenvalue weighted by Gasteiger charge is 2.46. The van der Waals surface area contributed by atoms with Crippen LogP contribution in [0.25, 0.3) is 0 Å². The molecule has 0 aromatic carbocycles. The van der Waals surface area contributed by atoms with E-state index in [1.165, 1.54) is 25.8 Å².